The van der Waals surface area contributed by atoms with Gasteiger partial charge in [-0.2, -0.15) is 5.26 Å². The molecule has 6 heteroatoms. The van der Waals surface area contributed by atoms with Crippen molar-refractivity contribution in [2.75, 3.05) is 12.4 Å². The van der Waals surface area contributed by atoms with Gasteiger partial charge in [-0.15, -0.1) is 0 Å². The number of anilines is 1. The van der Waals surface area contributed by atoms with Gasteiger partial charge in [-0.05, 0) is 90.0 Å². The average molecular weight is 557 g/mol. The number of ether oxygens (including phenoxy) is 1. The van der Waals surface area contributed by atoms with Crippen LogP contribution in [-0.2, 0) is 11.2 Å². The van der Waals surface area contributed by atoms with Crippen LogP contribution in [0.1, 0.15) is 27.8 Å². The summed E-state index contributed by atoms with van der Waals surface area (Å²) in [7, 11) is 1.63. The summed E-state index contributed by atoms with van der Waals surface area (Å²) in [6.07, 6.45) is 2.30. The fourth-order valence-corrected chi connectivity index (χ4v) is 4.43. The van der Waals surface area contributed by atoms with Gasteiger partial charge < -0.3 is 10.1 Å². The van der Waals surface area contributed by atoms with Crippen molar-refractivity contribution in [3.05, 3.63) is 96.6 Å². The Balaban J connectivity index is 1.89. The highest BCUT2D eigenvalue weighted by molar-refractivity contribution is 14.1. The predicted molar refractivity (Wildman–Crippen MR) is 138 cm³/mol. The van der Waals surface area contributed by atoms with Crippen molar-refractivity contribution in [2.24, 2.45) is 0 Å². The first-order chi connectivity index (χ1) is 15.3. The summed E-state index contributed by atoms with van der Waals surface area (Å²) in [5, 5.41) is 12.8. The summed E-state index contributed by atoms with van der Waals surface area (Å²) in [6, 6.07) is 19.0. The lowest BCUT2D eigenvalue weighted by molar-refractivity contribution is -0.112. The van der Waals surface area contributed by atoms with Crippen LogP contribution >= 0.6 is 34.2 Å². The molecule has 0 aliphatic carbocycles. The molecule has 0 atom stereocenters. The molecule has 32 heavy (non-hydrogen) atoms. The lowest BCUT2D eigenvalue weighted by atomic mass is 9.98. The van der Waals surface area contributed by atoms with Gasteiger partial charge in [0.05, 0.1) is 7.11 Å². The molecule has 0 bridgehead atoms. The van der Waals surface area contributed by atoms with E-state index in [-0.39, 0.29) is 5.57 Å². The van der Waals surface area contributed by atoms with Gasteiger partial charge >= 0.3 is 0 Å². The van der Waals surface area contributed by atoms with Crippen molar-refractivity contribution in [2.45, 2.75) is 20.3 Å². The van der Waals surface area contributed by atoms with Gasteiger partial charge in [0.15, 0.2) is 0 Å². The van der Waals surface area contributed by atoms with Crippen LogP contribution in [-0.4, -0.2) is 13.0 Å². The largest absolute Gasteiger partial charge is 0.496 e. The van der Waals surface area contributed by atoms with Crippen molar-refractivity contribution in [1.82, 2.24) is 0 Å². The second-order valence-corrected chi connectivity index (χ2v) is 9.09. The monoisotopic (exact) mass is 556 g/mol. The fraction of sp³-hybridized carbons (Fsp3) is 0.154. The maximum atomic E-state index is 12.6. The molecule has 0 heterocycles. The van der Waals surface area contributed by atoms with E-state index >= 15 is 0 Å². The Kier molecular flexibility index (Phi) is 7.94. The number of methoxy groups -OCH3 is 1. The van der Waals surface area contributed by atoms with Crippen LogP contribution in [0.5, 0.6) is 5.75 Å². The molecule has 0 unspecified atom stereocenters. The Morgan fingerprint density at radius 2 is 1.78 bits per heavy atom. The van der Waals surface area contributed by atoms with Gasteiger partial charge in [0.25, 0.3) is 5.91 Å². The Morgan fingerprint density at radius 3 is 2.38 bits per heavy atom. The number of hydrogen-bond acceptors (Lipinski definition) is 3. The van der Waals surface area contributed by atoms with Crippen molar-refractivity contribution in [3.8, 4) is 11.8 Å². The number of rotatable bonds is 6. The van der Waals surface area contributed by atoms with Crippen LogP contribution in [0.4, 0.5) is 5.69 Å². The maximum absolute atomic E-state index is 12.6. The summed E-state index contributed by atoms with van der Waals surface area (Å²) in [6.45, 7) is 4.18. The first-order valence-electron chi connectivity index (χ1n) is 9.91. The Labute approximate surface area is 207 Å². The van der Waals surface area contributed by atoms with Crippen LogP contribution in [0.25, 0.3) is 6.08 Å². The Bertz CT molecular complexity index is 1210. The standard InChI is InChI=1S/C26H22ClIN2O2/c1-16-8-17(2)10-18(9-16)12-23-24(28)13-19(14-25(23)32-3)11-20(15-29)26(31)30-22-6-4-21(27)5-7-22/h4-11,13-14H,12H2,1-3H3,(H,30,31)/b20-11+. The summed E-state index contributed by atoms with van der Waals surface area (Å²) >= 11 is 8.15. The highest BCUT2D eigenvalue weighted by atomic mass is 127. The first-order valence-corrected chi connectivity index (χ1v) is 11.4. The third-order valence-electron chi connectivity index (χ3n) is 4.84. The quantitative estimate of drug-likeness (QED) is 0.209. The van der Waals surface area contributed by atoms with Crippen LogP contribution in [0.15, 0.2) is 60.2 Å². The zero-order valence-electron chi connectivity index (χ0n) is 18.0. The van der Waals surface area contributed by atoms with E-state index < -0.39 is 5.91 Å². The topological polar surface area (TPSA) is 62.1 Å². The van der Waals surface area contributed by atoms with Crippen LogP contribution < -0.4 is 10.1 Å². The molecule has 0 spiro atoms. The van der Waals surface area contributed by atoms with E-state index in [4.69, 9.17) is 16.3 Å². The van der Waals surface area contributed by atoms with Gasteiger partial charge in [-0.25, -0.2) is 0 Å². The van der Waals surface area contributed by atoms with E-state index in [1.165, 1.54) is 16.7 Å². The molecule has 0 saturated carbocycles. The molecular weight excluding hydrogens is 535 g/mol. The van der Waals surface area contributed by atoms with Gasteiger partial charge in [0, 0.05) is 26.3 Å². The molecule has 1 N–H and O–H groups in total. The van der Waals surface area contributed by atoms with Crippen molar-refractivity contribution < 1.29 is 9.53 Å². The number of amides is 1. The van der Waals surface area contributed by atoms with E-state index in [0.717, 1.165) is 26.9 Å². The molecule has 0 aliphatic rings. The maximum Gasteiger partial charge on any atom is 0.266 e. The average Bonchev–Trinajstić information content (AvgIpc) is 2.74. The summed E-state index contributed by atoms with van der Waals surface area (Å²) < 4.78 is 6.65. The predicted octanol–water partition coefficient (Wildman–Crippen LogP) is 6.71. The normalized spacial score (nSPS) is 11.1. The third kappa shape index (κ3) is 6.12. The third-order valence-corrected chi connectivity index (χ3v) is 6.05. The van der Waals surface area contributed by atoms with E-state index in [0.29, 0.717) is 10.7 Å². The smallest absolute Gasteiger partial charge is 0.266 e. The molecule has 3 aromatic rings. The second kappa shape index (κ2) is 10.7. The number of benzene rings is 3. The van der Waals surface area contributed by atoms with Gasteiger partial charge in [0.1, 0.15) is 17.4 Å². The second-order valence-electron chi connectivity index (χ2n) is 7.49. The number of carbonyl (C=O) groups is 1. The van der Waals surface area contributed by atoms with Crippen molar-refractivity contribution >= 4 is 51.9 Å². The highest BCUT2D eigenvalue weighted by Gasteiger charge is 2.14. The minimum absolute atomic E-state index is 0.000128. The lowest BCUT2D eigenvalue weighted by Gasteiger charge is -2.14. The number of aryl methyl sites for hydroxylation is 2. The van der Waals surface area contributed by atoms with E-state index in [9.17, 15) is 10.1 Å². The number of nitriles is 1. The number of nitrogens with one attached hydrogen (secondary N) is 1. The molecule has 162 valence electrons. The summed E-state index contributed by atoms with van der Waals surface area (Å²) in [5.74, 6) is 0.237. The SMILES string of the molecule is COc1cc(/C=C(\C#N)C(=O)Nc2ccc(Cl)cc2)cc(I)c1Cc1cc(C)cc(C)c1. The molecule has 4 nitrogen and oxygen atoms in total. The van der Waals surface area contributed by atoms with E-state index in [1.54, 1.807) is 37.5 Å². The lowest BCUT2D eigenvalue weighted by Crippen LogP contribution is -2.13. The zero-order chi connectivity index (χ0) is 23.3. The Morgan fingerprint density at radius 1 is 1.12 bits per heavy atom. The van der Waals surface area contributed by atoms with Gasteiger partial charge in [-0.1, -0.05) is 40.9 Å². The first kappa shape index (κ1) is 23.8. The molecule has 1 amide bonds. The molecular formula is C26H22ClIN2O2. The highest BCUT2D eigenvalue weighted by Crippen LogP contribution is 2.30. The van der Waals surface area contributed by atoms with Crippen molar-refractivity contribution in [1.29, 1.82) is 5.26 Å². The van der Waals surface area contributed by atoms with Gasteiger partial charge in [-0.3, -0.25) is 4.79 Å². The summed E-state index contributed by atoms with van der Waals surface area (Å²) in [5.41, 5.74) is 6.01. The summed E-state index contributed by atoms with van der Waals surface area (Å²) in [4.78, 5) is 12.6. The number of nitrogens with zero attached hydrogens (tertiary/aromatic N) is 1. The van der Waals surface area contributed by atoms with Crippen molar-refractivity contribution in [3.63, 3.8) is 0 Å². The van der Waals surface area contributed by atoms with Crippen LogP contribution in [0.3, 0.4) is 0 Å². The Hall–Kier alpha value is -2.82. The molecule has 0 fully saturated rings. The molecule has 0 radical (unpaired) electrons. The molecule has 3 rings (SSSR count). The minimum Gasteiger partial charge on any atom is -0.496 e. The number of halogens is 2. The number of carbonyl (C=O) groups excluding carboxylic acids is 1. The van der Waals surface area contributed by atoms with E-state index in [1.807, 2.05) is 18.2 Å². The zero-order valence-corrected chi connectivity index (χ0v) is 20.9. The minimum atomic E-state index is -0.483. The molecule has 0 saturated heterocycles. The van der Waals surface area contributed by atoms with Crippen LogP contribution in [0.2, 0.25) is 5.02 Å². The number of hydrogen-bond donors (Lipinski definition) is 1. The molecule has 0 aliphatic heterocycles. The van der Waals surface area contributed by atoms with E-state index in [2.05, 4.69) is 60.0 Å². The fourth-order valence-electron chi connectivity index (χ4n) is 3.49. The van der Waals surface area contributed by atoms with Gasteiger partial charge in [0.2, 0.25) is 0 Å². The molecule has 3 aromatic carbocycles. The van der Waals surface area contributed by atoms with Crippen LogP contribution in [0, 0.1) is 28.7 Å². The molecule has 0 aromatic heterocycles.